The maximum atomic E-state index is 10.6. The lowest BCUT2D eigenvalue weighted by Crippen LogP contribution is -1.99. The molecule has 0 spiro atoms. The molecule has 0 aliphatic heterocycles. The van der Waals surface area contributed by atoms with Crippen molar-refractivity contribution in [2.24, 2.45) is 0 Å². The fraction of sp³-hybridized carbons (Fsp3) is 0.0588. The minimum Gasteiger partial charge on any atom is -0.506 e. The van der Waals surface area contributed by atoms with E-state index in [2.05, 4.69) is 39.7 Å². The second kappa shape index (κ2) is 10.5. The van der Waals surface area contributed by atoms with Crippen molar-refractivity contribution in [3.05, 3.63) is 69.9 Å². The van der Waals surface area contributed by atoms with Crippen molar-refractivity contribution in [2.75, 3.05) is 0 Å². The molecule has 4 nitrogen and oxygen atoms in total. The van der Waals surface area contributed by atoms with E-state index in [1.165, 1.54) is 15.7 Å². The van der Waals surface area contributed by atoms with Crippen molar-refractivity contribution in [3.63, 3.8) is 0 Å². The van der Waals surface area contributed by atoms with Gasteiger partial charge in [0.05, 0.1) is 0 Å². The van der Waals surface area contributed by atoms with Crippen LogP contribution in [0.15, 0.2) is 60.7 Å². The molecule has 1 heterocycles. The lowest BCUT2D eigenvalue weighted by atomic mass is 10.2. The lowest BCUT2D eigenvalue weighted by molar-refractivity contribution is 0.00818. The number of aromatic nitrogens is 1. The number of alkyl halides is 3. The highest BCUT2D eigenvalue weighted by atomic mass is 127. The van der Waals surface area contributed by atoms with Crippen molar-refractivity contribution in [1.29, 1.82) is 0 Å². The van der Waals surface area contributed by atoms with Crippen LogP contribution >= 0.6 is 22.6 Å². The number of aromatic carboxylic acids is 1. The highest BCUT2D eigenvalue weighted by Gasteiger charge is 2.07. The Labute approximate surface area is 155 Å². The molecule has 2 N–H and O–H groups in total. The summed E-state index contributed by atoms with van der Waals surface area (Å²) in [6.07, 6.45) is 0. The Hall–Kier alpha value is -2.36. The van der Waals surface area contributed by atoms with E-state index in [4.69, 9.17) is 5.11 Å². The van der Waals surface area contributed by atoms with Gasteiger partial charge in [-0.1, -0.05) is 36.4 Å². The molecule has 0 aliphatic rings. The second-order valence-corrected chi connectivity index (χ2v) is 5.64. The number of hydrogen-bond donors (Lipinski definition) is 2. The maximum Gasteiger partial charge on any atom is 0.379 e. The van der Waals surface area contributed by atoms with E-state index in [0.717, 1.165) is 5.39 Å². The largest absolute Gasteiger partial charge is 0.506 e. The Morgan fingerprint density at radius 2 is 1.56 bits per heavy atom. The summed E-state index contributed by atoms with van der Waals surface area (Å²) in [5, 5.41) is 18.8. The molecule has 0 fully saturated rings. The Balaban J connectivity index is 0.000000237. The molecule has 0 saturated heterocycles. The molecule has 8 heteroatoms. The number of fused-ring (bicyclic) bond motifs is 1. The summed E-state index contributed by atoms with van der Waals surface area (Å²) in [5.41, 5.74) is 0.242. The minimum absolute atomic E-state index is 0.00870. The summed E-state index contributed by atoms with van der Waals surface area (Å²) < 4.78 is 30.3. The zero-order chi connectivity index (χ0) is 18.8. The Kier molecular flexibility index (Phi) is 8.68. The molecule has 0 bridgehead atoms. The Morgan fingerprint density at radius 1 is 0.960 bits per heavy atom. The molecule has 0 amide bonds. The molecule has 2 aromatic carbocycles. The fourth-order valence-corrected chi connectivity index (χ4v) is 2.08. The first-order chi connectivity index (χ1) is 11.8. The van der Waals surface area contributed by atoms with E-state index in [1.54, 1.807) is 18.2 Å². The molecule has 0 unspecified atom stereocenters. The molecular weight excluding hydrogens is 450 g/mol. The predicted molar refractivity (Wildman–Crippen MR) is 96.6 cm³/mol. The van der Waals surface area contributed by atoms with Gasteiger partial charge in [-0.2, -0.15) is 13.2 Å². The number of hydrogen-bond acceptors (Lipinski definition) is 3. The molecule has 132 valence electrons. The highest BCUT2D eigenvalue weighted by molar-refractivity contribution is 14.1. The van der Waals surface area contributed by atoms with Crippen LogP contribution in [-0.4, -0.2) is 27.8 Å². The SMILES string of the molecule is FC(F)F.Ic1ccccc1.O=C(O)c1ccc2cccc(O)c2n1. The van der Waals surface area contributed by atoms with Gasteiger partial charge in [0.25, 0.3) is 0 Å². The number of carboxylic acids is 1. The summed E-state index contributed by atoms with van der Waals surface area (Å²) >= 11 is 2.28. The first-order valence-corrected chi connectivity index (χ1v) is 7.84. The minimum atomic E-state index is -3.67. The van der Waals surface area contributed by atoms with Gasteiger partial charge >= 0.3 is 12.6 Å². The van der Waals surface area contributed by atoms with Crippen LogP contribution in [0.1, 0.15) is 10.5 Å². The van der Waals surface area contributed by atoms with Gasteiger partial charge in [-0.3, -0.25) is 0 Å². The van der Waals surface area contributed by atoms with E-state index in [-0.39, 0.29) is 11.4 Å². The summed E-state index contributed by atoms with van der Waals surface area (Å²) in [5.74, 6) is -1.11. The zero-order valence-electron chi connectivity index (χ0n) is 12.6. The van der Waals surface area contributed by atoms with Crippen LogP contribution in [-0.2, 0) is 0 Å². The molecule has 0 atom stereocenters. The van der Waals surface area contributed by atoms with Crippen LogP contribution in [0.5, 0.6) is 5.75 Å². The molecule has 3 rings (SSSR count). The number of phenols is 1. The number of phenolic OH excluding ortho intramolecular Hbond substituents is 1. The average molecular weight is 463 g/mol. The first kappa shape index (κ1) is 20.7. The van der Waals surface area contributed by atoms with Crippen molar-refractivity contribution < 1.29 is 28.2 Å². The third kappa shape index (κ3) is 7.84. The summed E-state index contributed by atoms with van der Waals surface area (Å²) in [4.78, 5) is 14.4. The van der Waals surface area contributed by atoms with Crippen LogP contribution < -0.4 is 0 Å². The van der Waals surface area contributed by atoms with E-state index < -0.39 is 12.6 Å². The summed E-state index contributed by atoms with van der Waals surface area (Å²) in [6.45, 7) is -3.67. The number of rotatable bonds is 1. The van der Waals surface area contributed by atoms with E-state index in [1.807, 2.05) is 18.2 Å². The number of para-hydroxylation sites is 1. The molecule has 25 heavy (non-hydrogen) atoms. The monoisotopic (exact) mass is 463 g/mol. The number of nitrogens with zero attached hydrogens (tertiary/aromatic N) is 1. The van der Waals surface area contributed by atoms with E-state index in [0.29, 0.717) is 5.52 Å². The Morgan fingerprint density at radius 3 is 2.04 bits per heavy atom. The molecule has 0 radical (unpaired) electrons. The summed E-state index contributed by atoms with van der Waals surface area (Å²) in [7, 11) is 0. The third-order valence-electron chi connectivity index (χ3n) is 2.65. The van der Waals surface area contributed by atoms with Crippen LogP contribution in [0.2, 0.25) is 0 Å². The van der Waals surface area contributed by atoms with Crippen molar-refractivity contribution >= 4 is 39.5 Å². The topological polar surface area (TPSA) is 70.4 Å². The molecule has 0 aliphatic carbocycles. The number of carboxylic acid groups (broad SMARTS) is 1. The van der Waals surface area contributed by atoms with E-state index >= 15 is 0 Å². The molecule has 0 saturated carbocycles. The fourth-order valence-electron chi connectivity index (χ4n) is 1.67. The third-order valence-corrected chi connectivity index (χ3v) is 3.37. The predicted octanol–water partition coefficient (Wildman–Crippen LogP) is 5.11. The molecule has 3 aromatic rings. The van der Waals surface area contributed by atoms with Gasteiger partial charge in [-0.15, -0.1) is 0 Å². The van der Waals surface area contributed by atoms with Crippen molar-refractivity contribution in [2.45, 2.75) is 6.68 Å². The number of carbonyl (C=O) groups is 1. The van der Waals surface area contributed by atoms with Gasteiger partial charge in [-0.05, 0) is 46.9 Å². The normalized spacial score (nSPS) is 9.64. The number of halogens is 4. The van der Waals surface area contributed by atoms with Crippen molar-refractivity contribution in [1.82, 2.24) is 4.98 Å². The molecule has 1 aromatic heterocycles. The number of pyridine rings is 1. The van der Waals surface area contributed by atoms with Gasteiger partial charge in [-0.25, -0.2) is 9.78 Å². The molecular formula is C17H13F3INO3. The van der Waals surface area contributed by atoms with Crippen LogP contribution in [0.4, 0.5) is 13.2 Å². The van der Waals surface area contributed by atoms with E-state index in [9.17, 15) is 23.1 Å². The van der Waals surface area contributed by atoms with Gasteiger partial charge in [0.2, 0.25) is 0 Å². The smallest absolute Gasteiger partial charge is 0.379 e. The van der Waals surface area contributed by atoms with Crippen LogP contribution in [0.25, 0.3) is 10.9 Å². The summed E-state index contributed by atoms with van der Waals surface area (Å²) in [6, 6.07) is 18.1. The average Bonchev–Trinajstić information content (AvgIpc) is 2.56. The van der Waals surface area contributed by atoms with Crippen LogP contribution in [0, 0.1) is 3.57 Å². The first-order valence-electron chi connectivity index (χ1n) is 6.76. The standard InChI is InChI=1S/C10H7NO3.C6H5I.CHF3/c12-8-3-1-2-6-4-5-7(10(13)14)11-9(6)8;7-6-4-2-1-3-5-6;2-1(3)4/h1-5,12H,(H,13,14);1-5H;1H. The van der Waals surface area contributed by atoms with Crippen molar-refractivity contribution in [3.8, 4) is 5.75 Å². The van der Waals surface area contributed by atoms with Crippen LogP contribution in [0.3, 0.4) is 0 Å². The van der Waals surface area contributed by atoms with Gasteiger partial charge in [0.1, 0.15) is 17.0 Å². The lowest BCUT2D eigenvalue weighted by Gasteiger charge is -2.00. The maximum absolute atomic E-state index is 10.6. The number of benzene rings is 2. The van der Waals surface area contributed by atoms with Gasteiger partial charge in [0, 0.05) is 8.96 Å². The Bertz CT molecular complexity index is 814. The second-order valence-electron chi connectivity index (χ2n) is 4.39. The van der Waals surface area contributed by atoms with Gasteiger partial charge < -0.3 is 10.2 Å². The zero-order valence-corrected chi connectivity index (χ0v) is 14.8. The highest BCUT2D eigenvalue weighted by Crippen LogP contribution is 2.22. The quantitative estimate of drug-likeness (QED) is 0.493. The van der Waals surface area contributed by atoms with Gasteiger partial charge in [0.15, 0.2) is 0 Å². The number of aromatic hydroxyl groups is 1.